The van der Waals surface area contributed by atoms with Crippen molar-refractivity contribution in [2.45, 2.75) is 32.7 Å². The van der Waals surface area contributed by atoms with Crippen molar-refractivity contribution in [3.63, 3.8) is 0 Å². The number of aromatic amines is 1. The van der Waals surface area contributed by atoms with E-state index in [1.54, 1.807) is 0 Å². The number of hydrogen-bond acceptors (Lipinski definition) is 3. The Balaban J connectivity index is 2.10. The van der Waals surface area contributed by atoms with Gasteiger partial charge in [0.25, 0.3) is 0 Å². The number of esters is 1. The first-order valence-electron chi connectivity index (χ1n) is 8.11. The minimum Gasteiger partial charge on any atom is -0.467 e. The zero-order chi connectivity index (χ0) is 17.5. The van der Waals surface area contributed by atoms with Crippen LogP contribution in [0.15, 0.2) is 42.6 Å². The average Bonchev–Trinajstić information content (AvgIpc) is 2.96. The molecule has 0 saturated heterocycles. The second-order valence-corrected chi connectivity index (χ2v) is 6.18. The molecule has 5 nitrogen and oxygen atoms in total. The number of aromatic nitrogens is 1. The van der Waals surface area contributed by atoms with Crippen LogP contribution in [-0.2, 0) is 20.7 Å². The van der Waals surface area contributed by atoms with Crippen LogP contribution in [0.4, 0.5) is 0 Å². The van der Waals surface area contributed by atoms with Crippen LogP contribution in [0.2, 0.25) is 0 Å². The third-order valence-corrected chi connectivity index (χ3v) is 3.78. The number of H-pyrrole nitrogens is 1. The van der Waals surface area contributed by atoms with E-state index in [2.05, 4.69) is 24.1 Å². The molecule has 2 rings (SSSR count). The van der Waals surface area contributed by atoms with E-state index in [0.29, 0.717) is 12.3 Å². The molecule has 0 radical (unpaired) electrons. The lowest BCUT2D eigenvalue weighted by atomic mass is 10.0. The van der Waals surface area contributed by atoms with E-state index in [1.807, 2.05) is 36.5 Å². The SMILES string of the molecule is COC(=O)[C@H](Cc1c[nH]c2ccccc12)NC(=O)/C=C/CC(C)C. The summed E-state index contributed by atoms with van der Waals surface area (Å²) in [5, 5.41) is 3.77. The van der Waals surface area contributed by atoms with Gasteiger partial charge in [-0.25, -0.2) is 4.79 Å². The van der Waals surface area contributed by atoms with Gasteiger partial charge in [-0.1, -0.05) is 38.1 Å². The van der Waals surface area contributed by atoms with Crippen molar-refractivity contribution in [2.24, 2.45) is 5.92 Å². The molecule has 1 aromatic heterocycles. The molecular weight excluding hydrogens is 304 g/mol. The van der Waals surface area contributed by atoms with Crippen LogP contribution in [0.3, 0.4) is 0 Å². The number of amides is 1. The van der Waals surface area contributed by atoms with Crippen molar-refractivity contribution in [3.05, 3.63) is 48.2 Å². The van der Waals surface area contributed by atoms with Crippen molar-refractivity contribution >= 4 is 22.8 Å². The number of fused-ring (bicyclic) bond motifs is 1. The summed E-state index contributed by atoms with van der Waals surface area (Å²) in [5.74, 6) is -0.256. The molecule has 0 aliphatic heterocycles. The van der Waals surface area contributed by atoms with E-state index in [9.17, 15) is 9.59 Å². The molecule has 1 aromatic carbocycles. The monoisotopic (exact) mass is 328 g/mol. The number of carbonyl (C=O) groups excluding carboxylic acids is 2. The number of allylic oxidation sites excluding steroid dienone is 1. The van der Waals surface area contributed by atoms with Crippen molar-refractivity contribution in [1.29, 1.82) is 0 Å². The molecule has 1 amide bonds. The van der Waals surface area contributed by atoms with Gasteiger partial charge in [0.15, 0.2) is 0 Å². The van der Waals surface area contributed by atoms with Crippen LogP contribution in [0.25, 0.3) is 10.9 Å². The first kappa shape index (κ1) is 17.8. The molecule has 0 unspecified atom stereocenters. The van der Waals surface area contributed by atoms with Gasteiger partial charge in [0.1, 0.15) is 6.04 Å². The van der Waals surface area contributed by atoms with Crippen molar-refractivity contribution in [1.82, 2.24) is 10.3 Å². The number of methoxy groups -OCH3 is 1. The zero-order valence-electron chi connectivity index (χ0n) is 14.3. The summed E-state index contributed by atoms with van der Waals surface area (Å²) >= 11 is 0. The largest absolute Gasteiger partial charge is 0.467 e. The molecule has 1 heterocycles. The minimum atomic E-state index is -0.717. The summed E-state index contributed by atoms with van der Waals surface area (Å²) in [6.07, 6.45) is 6.35. The maximum Gasteiger partial charge on any atom is 0.328 e. The highest BCUT2D eigenvalue weighted by Gasteiger charge is 2.22. The molecule has 0 bridgehead atoms. The van der Waals surface area contributed by atoms with Gasteiger partial charge in [0.2, 0.25) is 5.91 Å². The van der Waals surface area contributed by atoms with E-state index in [0.717, 1.165) is 22.9 Å². The van der Waals surface area contributed by atoms with Gasteiger partial charge in [-0.15, -0.1) is 0 Å². The van der Waals surface area contributed by atoms with Crippen molar-refractivity contribution in [3.8, 4) is 0 Å². The number of rotatable bonds is 7. The number of ether oxygens (including phenoxy) is 1. The fourth-order valence-electron chi connectivity index (χ4n) is 2.52. The highest BCUT2D eigenvalue weighted by atomic mass is 16.5. The predicted octanol–water partition coefficient (Wildman–Crippen LogP) is 2.97. The summed E-state index contributed by atoms with van der Waals surface area (Å²) in [7, 11) is 1.32. The Labute approximate surface area is 142 Å². The van der Waals surface area contributed by atoms with Crippen LogP contribution in [0, 0.1) is 5.92 Å². The van der Waals surface area contributed by atoms with Gasteiger partial charge in [-0.3, -0.25) is 4.79 Å². The maximum atomic E-state index is 12.0. The van der Waals surface area contributed by atoms with Crippen LogP contribution >= 0.6 is 0 Å². The zero-order valence-corrected chi connectivity index (χ0v) is 14.3. The van der Waals surface area contributed by atoms with Crippen LogP contribution in [0.5, 0.6) is 0 Å². The highest BCUT2D eigenvalue weighted by molar-refractivity contribution is 5.92. The molecule has 2 aromatic rings. The van der Waals surface area contributed by atoms with E-state index < -0.39 is 12.0 Å². The maximum absolute atomic E-state index is 12.0. The van der Waals surface area contributed by atoms with Crippen molar-refractivity contribution in [2.75, 3.05) is 7.11 Å². The average molecular weight is 328 g/mol. The molecule has 1 atom stereocenters. The standard InChI is InChI=1S/C19H24N2O3/c1-13(2)7-6-10-18(22)21-17(19(23)24-3)11-14-12-20-16-9-5-4-8-15(14)16/h4-6,8-10,12-13,17,20H,7,11H2,1-3H3,(H,21,22)/b10-6+/t17-/m0/s1. The van der Waals surface area contributed by atoms with Gasteiger partial charge in [0, 0.05) is 23.5 Å². The van der Waals surface area contributed by atoms with E-state index in [4.69, 9.17) is 4.74 Å². The summed E-state index contributed by atoms with van der Waals surface area (Å²) in [5.41, 5.74) is 1.96. The van der Waals surface area contributed by atoms with E-state index in [1.165, 1.54) is 13.2 Å². The van der Waals surface area contributed by atoms with Gasteiger partial charge in [0.05, 0.1) is 7.11 Å². The summed E-state index contributed by atoms with van der Waals surface area (Å²) < 4.78 is 4.83. The molecule has 0 aliphatic rings. The van der Waals surface area contributed by atoms with Crippen molar-refractivity contribution < 1.29 is 14.3 Å². The third-order valence-electron chi connectivity index (χ3n) is 3.78. The van der Waals surface area contributed by atoms with Gasteiger partial charge in [-0.2, -0.15) is 0 Å². The van der Waals surface area contributed by atoms with Crippen LogP contribution in [0.1, 0.15) is 25.8 Å². The second-order valence-electron chi connectivity index (χ2n) is 6.18. The molecule has 0 aliphatic carbocycles. The molecule has 0 fully saturated rings. The normalized spacial score (nSPS) is 12.7. The van der Waals surface area contributed by atoms with Gasteiger partial charge < -0.3 is 15.0 Å². The number of para-hydroxylation sites is 1. The Hall–Kier alpha value is -2.56. The Morgan fingerprint density at radius 1 is 1.29 bits per heavy atom. The Morgan fingerprint density at radius 2 is 2.04 bits per heavy atom. The smallest absolute Gasteiger partial charge is 0.328 e. The quantitative estimate of drug-likeness (QED) is 0.606. The Kier molecular flexibility index (Phi) is 6.18. The van der Waals surface area contributed by atoms with Crippen LogP contribution in [-0.4, -0.2) is 30.0 Å². The number of benzene rings is 1. The molecule has 0 saturated carbocycles. The molecular formula is C19H24N2O3. The number of hydrogen-bond donors (Lipinski definition) is 2. The highest BCUT2D eigenvalue weighted by Crippen LogP contribution is 2.19. The molecule has 2 N–H and O–H groups in total. The van der Waals surface area contributed by atoms with E-state index >= 15 is 0 Å². The first-order chi connectivity index (χ1) is 11.5. The van der Waals surface area contributed by atoms with E-state index in [-0.39, 0.29) is 5.91 Å². The lowest BCUT2D eigenvalue weighted by Gasteiger charge is -2.15. The number of carbonyl (C=O) groups is 2. The summed E-state index contributed by atoms with van der Waals surface area (Å²) in [6, 6.07) is 7.13. The second kappa shape index (κ2) is 8.34. The predicted molar refractivity (Wildman–Crippen MR) is 94.5 cm³/mol. The molecule has 0 spiro atoms. The molecule has 5 heteroatoms. The fraction of sp³-hybridized carbons (Fsp3) is 0.368. The number of nitrogens with one attached hydrogen (secondary N) is 2. The third kappa shape index (κ3) is 4.72. The lowest BCUT2D eigenvalue weighted by molar-refractivity contribution is -0.144. The summed E-state index contributed by atoms with van der Waals surface area (Å²) in [6.45, 7) is 4.16. The Bertz CT molecular complexity index is 731. The molecule has 24 heavy (non-hydrogen) atoms. The topological polar surface area (TPSA) is 71.2 Å². The molecule has 128 valence electrons. The van der Waals surface area contributed by atoms with Gasteiger partial charge in [-0.05, 0) is 30.0 Å². The fourth-order valence-corrected chi connectivity index (χ4v) is 2.52. The lowest BCUT2D eigenvalue weighted by Crippen LogP contribution is -2.42. The first-order valence-corrected chi connectivity index (χ1v) is 8.11. The van der Waals surface area contributed by atoms with Gasteiger partial charge >= 0.3 is 5.97 Å². The Morgan fingerprint density at radius 3 is 2.75 bits per heavy atom. The summed E-state index contributed by atoms with van der Waals surface area (Å²) in [4.78, 5) is 27.2. The van der Waals surface area contributed by atoms with Crippen LogP contribution < -0.4 is 5.32 Å². The minimum absolute atomic E-state index is 0.286.